The van der Waals surface area contributed by atoms with Gasteiger partial charge in [0, 0.05) is 111 Å². The van der Waals surface area contributed by atoms with Crippen LogP contribution in [0.4, 0.5) is 67.5 Å². The predicted octanol–water partition coefficient (Wildman–Crippen LogP) is 6.20. The average Bonchev–Trinajstić information content (AvgIpc) is 4.24. The van der Waals surface area contributed by atoms with Crippen LogP contribution in [0.3, 0.4) is 0 Å². The zero-order valence-corrected chi connectivity index (χ0v) is 43.0. The van der Waals surface area contributed by atoms with Gasteiger partial charge < -0.3 is 62.0 Å². The van der Waals surface area contributed by atoms with Gasteiger partial charge >= 0.3 is 12.1 Å². The van der Waals surface area contributed by atoms with Crippen molar-refractivity contribution in [1.82, 2.24) is 44.2 Å². The molecule has 0 saturated carbocycles. The fourth-order valence-corrected chi connectivity index (χ4v) is 9.24. The number of aromatic nitrogens is 6. The summed E-state index contributed by atoms with van der Waals surface area (Å²) in [6.07, 6.45) is 6.62. The van der Waals surface area contributed by atoms with Gasteiger partial charge in [0.25, 0.3) is 0 Å². The molecule has 0 radical (unpaired) electrons. The third-order valence-corrected chi connectivity index (χ3v) is 13.6. The Hall–Kier alpha value is -9.02. The van der Waals surface area contributed by atoms with Crippen molar-refractivity contribution in [3.05, 3.63) is 132 Å². The summed E-state index contributed by atoms with van der Waals surface area (Å²) in [7, 11) is 6.13. The zero-order chi connectivity index (χ0) is 53.5. The van der Waals surface area contributed by atoms with Crippen LogP contribution in [0.25, 0.3) is 11.6 Å². The third kappa shape index (κ3) is 12.3. The minimum absolute atomic E-state index is 0.0771. The number of carbonyl (C=O) groups is 4. The molecule has 4 amide bonds. The molecule has 76 heavy (non-hydrogen) atoms. The van der Waals surface area contributed by atoms with Gasteiger partial charge in [0.2, 0.25) is 35.6 Å². The highest BCUT2D eigenvalue weighted by Gasteiger charge is 2.32. The largest absolute Gasteiger partial charge is 0.378 e. The van der Waals surface area contributed by atoms with Crippen molar-refractivity contribution in [2.75, 3.05) is 129 Å². The number of nitrogens with zero attached hydrogens (tertiary/aromatic N) is 11. The maximum atomic E-state index is 13.8. The predicted molar refractivity (Wildman–Crippen MR) is 297 cm³/mol. The number of likely N-dealkylation sites (tertiary alicyclic amines) is 1. The highest BCUT2D eigenvalue weighted by Crippen LogP contribution is 2.34. The van der Waals surface area contributed by atoms with Crippen molar-refractivity contribution >= 4 is 93.4 Å². The van der Waals surface area contributed by atoms with Gasteiger partial charge in [-0.1, -0.05) is 43.8 Å². The first kappa shape index (κ1) is 51.9. The van der Waals surface area contributed by atoms with Crippen LogP contribution in [0.2, 0.25) is 0 Å². The monoisotopic (exact) mass is 1030 g/mol. The van der Waals surface area contributed by atoms with E-state index in [2.05, 4.69) is 69.6 Å². The Labute approximate surface area is 440 Å². The van der Waals surface area contributed by atoms with E-state index in [0.29, 0.717) is 75.1 Å². The van der Waals surface area contributed by atoms with Crippen LogP contribution in [-0.4, -0.2) is 155 Å². The fraction of sp³-hybridized carbons (Fsp3) is 0.296. The van der Waals surface area contributed by atoms with Gasteiger partial charge in [-0.25, -0.2) is 9.59 Å². The summed E-state index contributed by atoms with van der Waals surface area (Å²) < 4.78 is 7.57. The van der Waals surface area contributed by atoms with E-state index in [-0.39, 0.29) is 47.4 Å². The Morgan fingerprint density at radius 3 is 2.00 bits per heavy atom. The molecule has 3 aliphatic heterocycles. The number of nitrogen functional groups attached to an aromatic ring is 2. The zero-order valence-electron chi connectivity index (χ0n) is 43.0. The Morgan fingerprint density at radius 2 is 1.37 bits per heavy atom. The van der Waals surface area contributed by atoms with Crippen LogP contribution >= 0.6 is 0 Å². The van der Waals surface area contributed by atoms with Crippen LogP contribution in [-0.2, 0) is 14.3 Å². The number of rotatable bonds is 16. The molecule has 2 atom stereocenters. The van der Waals surface area contributed by atoms with E-state index >= 15 is 0 Å². The van der Waals surface area contributed by atoms with E-state index < -0.39 is 12.1 Å². The van der Waals surface area contributed by atoms with Crippen LogP contribution in [0.1, 0.15) is 29.5 Å². The molecule has 3 aliphatic rings. The van der Waals surface area contributed by atoms with E-state index in [4.69, 9.17) is 16.2 Å². The van der Waals surface area contributed by atoms with Gasteiger partial charge in [-0.2, -0.15) is 9.97 Å². The molecule has 394 valence electrons. The molecule has 22 nitrogen and oxygen atoms in total. The average molecular weight is 1030 g/mol. The Kier molecular flexibility index (Phi) is 15.7. The maximum Gasteiger partial charge on any atom is 0.349 e. The van der Waals surface area contributed by atoms with Gasteiger partial charge in [0.15, 0.2) is 0 Å². The van der Waals surface area contributed by atoms with Crippen molar-refractivity contribution in [3.63, 3.8) is 0 Å². The van der Waals surface area contributed by atoms with Crippen LogP contribution < -0.4 is 42.5 Å². The van der Waals surface area contributed by atoms with E-state index in [1.54, 1.807) is 40.1 Å². The second kappa shape index (κ2) is 23.0. The number of likely N-dealkylation sites (N-methyl/N-ethyl adjacent to an activating group) is 2. The molecule has 8 N–H and O–H groups in total. The van der Waals surface area contributed by atoms with Gasteiger partial charge in [0.1, 0.15) is 0 Å². The number of amides is 4. The quantitative estimate of drug-likeness (QED) is 0.0590. The molecule has 2 unspecified atom stereocenters. The minimum atomic E-state index is -0.605. The molecule has 2 saturated heterocycles. The Morgan fingerprint density at radius 1 is 0.750 bits per heavy atom. The van der Waals surface area contributed by atoms with Crippen molar-refractivity contribution in [3.8, 4) is 0 Å². The summed E-state index contributed by atoms with van der Waals surface area (Å²) in [5.41, 5.74) is 20.3. The van der Waals surface area contributed by atoms with Gasteiger partial charge in [0.05, 0.1) is 13.2 Å². The Balaban J connectivity index is 0.802. The molecule has 0 aliphatic carbocycles. The third-order valence-electron chi connectivity index (χ3n) is 13.6. The van der Waals surface area contributed by atoms with E-state index in [1.165, 1.54) is 12.2 Å². The number of anilines is 10. The summed E-state index contributed by atoms with van der Waals surface area (Å²) >= 11 is 0. The lowest BCUT2D eigenvalue weighted by Crippen LogP contribution is -2.36. The maximum absolute atomic E-state index is 13.8. The summed E-state index contributed by atoms with van der Waals surface area (Å²) in [4.78, 5) is 71.3. The van der Waals surface area contributed by atoms with Crippen LogP contribution in [0.5, 0.6) is 0 Å². The molecule has 0 bridgehead atoms. The van der Waals surface area contributed by atoms with Gasteiger partial charge in [-0.15, -0.1) is 19.6 Å². The van der Waals surface area contributed by atoms with E-state index in [9.17, 15) is 19.2 Å². The summed E-state index contributed by atoms with van der Waals surface area (Å²) in [6, 6.07) is 27.3. The highest BCUT2D eigenvalue weighted by molar-refractivity contribution is 5.96. The molecule has 2 fully saturated rings. The van der Waals surface area contributed by atoms with Crippen molar-refractivity contribution in [2.24, 2.45) is 5.92 Å². The second-order valence-corrected chi connectivity index (χ2v) is 19.2. The SMILES string of the molecule is C=CC(=O)N1CC(C)C(c2ccc(NC(=O)n3nc(Nc4ccc(N5CCOCC5)cc4/C=C/C(=O)N4CC=C(c5ccc(NC(=O)n6nc(Nc7ccc(N(C)CCN(C)C)cc7)nc6N)cc5)C4)nc3N)cc2)C1. The number of nitrogens with one attached hydrogen (secondary N) is 4. The second-order valence-electron chi connectivity index (χ2n) is 19.2. The number of morpholine rings is 1. The first-order chi connectivity index (χ1) is 36.7. The van der Waals surface area contributed by atoms with Crippen molar-refractivity contribution < 1.29 is 23.9 Å². The normalized spacial score (nSPS) is 16.5. The number of nitrogens with two attached hydrogens (primary N) is 2. The molecule has 9 rings (SSSR count). The number of carbonyl (C=O) groups excluding carboxylic acids is 4. The van der Waals surface area contributed by atoms with Gasteiger partial charge in [-0.05, 0) is 116 Å². The van der Waals surface area contributed by atoms with E-state index in [0.717, 1.165) is 56.2 Å². The lowest BCUT2D eigenvalue weighted by Gasteiger charge is -2.29. The Bertz CT molecular complexity index is 3140. The number of hydrogen-bond donors (Lipinski definition) is 6. The smallest absolute Gasteiger partial charge is 0.349 e. The molecule has 2 aromatic heterocycles. The summed E-state index contributed by atoms with van der Waals surface area (Å²) in [6.45, 7) is 12.2. The number of hydrogen-bond acceptors (Lipinski definition) is 16. The van der Waals surface area contributed by atoms with Crippen molar-refractivity contribution in [1.29, 1.82) is 0 Å². The van der Waals surface area contributed by atoms with Crippen LogP contribution in [0, 0.1) is 5.92 Å². The lowest BCUT2D eigenvalue weighted by molar-refractivity contribution is -0.125. The van der Waals surface area contributed by atoms with Crippen molar-refractivity contribution in [2.45, 2.75) is 12.8 Å². The molecule has 6 aromatic rings. The minimum Gasteiger partial charge on any atom is -0.378 e. The first-order valence-corrected chi connectivity index (χ1v) is 25.0. The summed E-state index contributed by atoms with van der Waals surface area (Å²) in [5.74, 6) is 0.203. The molecular weight excluding hydrogens is 967 g/mol. The molecular formula is C54H63N17O5. The number of benzene rings is 4. The van der Waals surface area contributed by atoms with Crippen LogP contribution in [0.15, 0.2) is 116 Å². The molecule has 5 heterocycles. The first-order valence-electron chi connectivity index (χ1n) is 25.0. The summed E-state index contributed by atoms with van der Waals surface area (Å²) in [5, 5.41) is 20.6. The molecule has 4 aromatic carbocycles. The van der Waals surface area contributed by atoms with Gasteiger partial charge in [-0.3, -0.25) is 9.59 Å². The number of ether oxygens (including phenoxy) is 1. The topological polar surface area (TPSA) is 255 Å². The lowest BCUT2D eigenvalue weighted by atomic mass is 9.90. The fourth-order valence-electron chi connectivity index (χ4n) is 9.24. The molecule has 22 heteroatoms. The highest BCUT2D eigenvalue weighted by atomic mass is 16.5. The molecule has 0 spiro atoms. The standard InChI is InChI=1S/C54H63N17O5/c1-6-47(72)69-32-35(2)45(34-69)37-9-14-42(15-10-37)59-54(75)71-50(56)62-52(64-71)60-46-21-20-44(67-27-29-76-30-28-67)31-38(46)11-22-48(73)68-24-23-39(33-68)36-7-12-41(13-8-36)58-53(74)70-49(55)61-51(63-70)57-40-16-18-43(19-17-40)66(5)26-25-65(3)4/h6-23,31,35,45H,1,24-30,32-34H2,2-5H3,(H,58,74)(H,59,75)(H3,55,57,61,63)(H3,56,60,62,64)/b22-11+. The van der Waals surface area contributed by atoms with E-state index in [1.807, 2.05) is 93.9 Å².